The van der Waals surface area contributed by atoms with E-state index in [-0.39, 0.29) is 0 Å². The van der Waals surface area contributed by atoms with Gasteiger partial charge in [0.1, 0.15) is 11.5 Å². The topological polar surface area (TPSA) is 59.0 Å². The molecule has 0 spiro atoms. The second-order valence-electron chi connectivity index (χ2n) is 12.2. The average molecular weight is 674 g/mol. The lowest BCUT2D eigenvalue weighted by Gasteiger charge is -2.15. The Kier molecular flexibility index (Phi) is 8.67. The Bertz CT molecular complexity index is 1990. The van der Waals surface area contributed by atoms with Gasteiger partial charge in [-0.25, -0.2) is 0 Å². The third-order valence-corrected chi connectivity index (χ3v) is 11.8. The molecule has 1 aliphatic heterocycles. The van der Waals surface area contributed by atoms with E-state index < -0.39 is 0 Å². The van der Waals surface area contributed by atoms with Crippen molar-refractivity contribution in [3.8, 4) is 16.9 Å². The summed E-state index contributed by atoms with van der Waals surface area (Å²) in [5.41, 5.74) is 12.7. The summed E-state index contributed by atoms with van der Waals surface area (Å²) in [5, 5.41) is 11.7. The van der Waals surface area contributed by atoms with E-state index >= 15 is 0 Å². The molecule has 0 saturated heterocycles. The van der Waals surface area contributed by atoms with Crippen molar-refractivity contribution in [3.63, 3.8) is 0 Å². The SMILES string of the molecule is C=C(OC)c1c(C)c2c3c(Cl)ccc2n1CCCOc1cc2c(c(c1)SCc1cc(nn1C)CSCc1nn(C)c(C)c1-3)CCC2. The number of fused-ring (bicyclic) bond motifs is 8. The third-order valence-electron chi connectivity index (χ3n) is 9.42. The number of hydrogen-bond acceptors (Lipinski definition) is 6. The molecule has 2 aliphatic rings. The van der Waals surface area contributed by atoms with Gasteiger partial charge in [0, 0.05) is 81.2 Å². The molecule has 0 unspecified atom stereocenters. The third kappa shape index (κ3) is 5.54. The molecule has 0 fully saturated rings. The van der Waals surface area contributed by atoms with Gasteiger partial charge in [-0.15, -0.1) is 23.5 Å². The van der Waals surface area contributed by atoms with Gasteiger partial charge < -0.3 is 14.0 Å². The predicted octanol–water partition coefficient (Wildman–Crippen LogP) is 8.66. The molecule has 7 nitrogen and oxygen atoms in total. The Morgan fingerprint density at radius 3 is 2.67 bits per heavy atom. The summed E-state index contributed by atoms with van der Waals surface area (Å²) >= 11 is 10.8. The molecule has 10 heteroatoms. The van der Waals surface area contributed by atoms with Gasteiger partial charge in [0.05, 0.1) is 30.8 Å². The number of hydrogen-bond donors (Lipinski definition) is 0. The fourth-order valence-corrected chi connectivity index (χ4v) is 9.37. The minimum Gasteiger partial charge on any atom is -0.495 e. The first kappa shape index (κ1) is 31.3. The van der Waals surface area contributed by atoms with E-state index in [2.05, 4.69) is 56.3 Å². The Morgan fingerprint density at radius 2 is 1.85 bits per heavy atom. The minimum absolute atomic E-state index is 0.606. The molecule has 0 atom stereocenters. The van der Waals surface area contributed by atoms with Crippen LogP contribution in [0.15, 0.2) is 41.8 Å². The van der Waals surface area contributed by atoms with Crippen molar-refractivity contribution in [2.45, 2.75) is 68.2 Å². The Labute approximate surface area is 284 Å². The summed E-state index contributed by atoms with van der Waals surface area (Å²) in [6, 6.07) is 10.9. The number of methoxy groups -OCH3 is 1. The van der Waals surface area contributed by atoms with Crippen molar-refractivity contribution < 1.29 is 9.47 Å². The van der Waals surface area contributed by atoms with Crippen LogP contribution in [0.1, 0.15) is 58.0 Å². The van der Waals surface area contributed by atoms with Gasteiger partial charge in [0.25, 0.3) is 0 Å². The quantitative estimate of drug-likeness (QED) is 0.175. The molecule has 240 valence electrons. The molecule has 0 amide bonds. The summed E-state index contributed by atoms with van der Waals surface area (Å²) < 4.78 is 18.5. The molecule has 8 bridgehead atoms. The van der Waals surface area contributed by atoms with Crippen molar-refractivity contribution in [3.05, 3.63) is 87.1 Å². The summed E-state index contributed by atoms with van der Waals surface area (Å²) in [6.45, 7) is 9.93. The van der Waals surface area contributed by atoms with Crippen LogP contribution in [0, 0.1) is 13.8 Å². The number of aromatic nitrogens is 5. The molecule has 7 rings (SSSR count). The fourth-order valence-electron chi connectivity index (χ4n) is 7.09. The fraction of sp³-hybridized carbons (Fsp3) is 0.389. The standard InChI is InChI=1S/C36H40ClN5O2S2/c1-21-33-31-12-11-29(37)35(33)34-22(2)40(4)39-30(34)20-45-18-25-16-26(41(5)38-25)19-46-32-17-27(15-24-9-7-10-28(24)32)44-14-8-13-42(31)36(21)23(3)43-6/h11-12,15-17H,3,7-10,13-14,18-20H2,1-2,4-6H3. The maximum atomic E-state index is 7.10. The molecule has 0 radical (unpaired) electrons. The lowest BCUT2D eigenvalue weighted by molar-refractivity contribution is 0.300. The van der Waals surface area contributed by atoms with Gasteiger partial charge >= 0.3 is 0 Å². The summed E-state index contributed by atoms with van der Waals surface area (Å²) in [7, 11) is 5.75. The van der Waals surface area contributed by atoms with Crippen LogP contribution in [0.5, 0.6) is 5.75 Å². The van der Waals surface area contributed by atoms with E-state index in [9.17, 15) is 0 Å². The second kappa shape index (κ2) is 12.7. The number of thioether (sulfide) groups is 2. The molecule has 46 heavy (non-hydrogen) atoms. The average Bonchev–Trinajstić information content (AvgIpc) is 3.79. The zero-order valence-corrected chi connectivity index (χ0v) is 29.6. The zero-order chi connectivity index (χ0) is 32.1. The van der Waals surface area contributed by atoms with E-state index in [1.807, 2.05) is 46.0 Å². The lowest BCUT2D eigenvalue weighted by Crippen LogP contribution is -2.08. The highest BCUT2D eigenvalue weighted by Gasteiger charge is 2.26. The molecule has 0 N–H and O–H groups in total. The molecule has 1 aliphatic carbocycles. The van der Waals surface area contributed by atoms with Gasteiger partial charge in [-0.05, 0) is 86.6 Å². The maximum Gasteiger partial charge on any atom is 0.135 e. The minimum atomic E-state index is 0.606. The zero-order valence-electron chi connectivity index (χ0n) is 27.2. The summed E-state index contributed by atoms with van der Waals surface area (Å²) in [5.74, 6) is 4.02. The molecule has 2 aromatic carbocycles. The largest absolute Gasteiger partial charge is 0.495 e. The van der Waals surface area contributed by atoms with E-state index in [0.29, 0.717) is 17.4 Å². The number of aryl methyl sites for hydroxylation is 5. The van der Waals surface area contributed by atoms with E-state index in [0.717, 1.165) is 99.2 Å². The summed E-state index contributed by atoms with van der Waals surface area (Å²) in [6.07, 6.45) is 4.29. The first-order valence-electron chi connectivity index (χ1n) is 15.8. The number of rotatable bonds is 2. The van der Waals surface area contributed by atoms with Crippen molar-refractivity contribution >= 4 is 51.8 Å². The normalized spacial score (nSPS) is 15.3. The van der Waals surface area contributed by atoms with Crippen molar-refractivity contribution in [1.29, 1.82) is 0 Å². The lowest BCUT2D eigenvalue weighted by atomic mass is 9.97. The predicted molar refractivity (Wildman–Crippen MR) is 191 cm³/mol. The van der Waals surface area contributed by atoms with Crippen LogP contribution >= 0.6 is 35.1 Å². The van der Waals surface area contributed by atoms with Crippen LogP contribution in [-0.4, -0.2) is 37.8 Å². The first-order chi connectivity index (χ1) is 22.2. The number of benzene rings is 2. The number of nitrogens with zero attached hydrogens (tertiary/aromatic N) is 5. The molecular formula is C36H40ClN5O2S2. The Hall–Kier alpha value is -3.27. The van der Waals surface area contributed by atoms with Crippen molar-refractivity contribution in [2.24, 2.45) is 14.1 Å². The van der Waals surface area contributed by atoms with Crippen molar-refractivity contribution in [1.82, 2.24) is 24.1 Å². The van der Waals surface area contributed by atoms with Gasteiger partial charge in [0.15, 0.2) is 0 Å². The Balaban J connectivity index is 1.35. The van der Waals surface area contributed by atoms with E-state index in [1.165, 1.54) is 28.1 Å². The smallest absolute Gasteiger partial charge is 0.135 e. The van der Waals surface area contributed by atoms with Crippen molar-refractivity contribution in [2.75, 3.05) is 13.7 Å². The highest BCUT2D eigenvalue weighted by molar-refractivity contribution is 7.98. The van der Waals surface area contributed by atoms with Gasteiger partial charge in [-0.1, -0.05) is 18.2 Å². The monoisotopic (exact) mass is 673 g/mol. The van der Waals surface area contributed by atoms with Crippen LogP contribution in [-0.2, 0) is 55.5 Å². The van der Waals surface area contributed by atoms with Gasteiger partial charge in [-0.2, -0.15) is 10.2 Å². The molecule has 5 aromatic rings. The molecule has 3 aromatic heterocycles. The van der Waals surface area contributed by atoms with Gasteiger partial charge in [0.2, 0.25) is 0 Å². The van der Waals surface area contributed by atoms with Crippen LogP contribution < -0.4 is 4.74 Å². The van der Waals surface area contributed by atoms with E-state index in [4.69, 9.17) is 31.3 Å². The number of halogens is 1. The molecule has 4 heterocycles. The van der Waals surface area contributed by atoms with Crippen LogP contribution in [0.25, 0.3) is 27.8 Å². The molecule has 0 saturated carbocycles. The second-order valence-corrected chi connectivity index (χ2v) is 14.7. The highest BCUT2D eigenvalue weighted by atomic mass is 35.5. The summed E-state index contributed by atoms with van der Waals surface area (Å²) in [4.78, 5) is 1.33. The van der Waals surface area contributed by atoms with Crippen LogP contribution in [0.2, 0.25) is 5.02 Å². The number of ether oxygens (including phenoxy) is 2. The Morgan fingerprint density at radius 1 is 1.00 bits per heavy atom. The first-order valence-corrected chi connectivity index (χ1v) is 18.3. The van der Waals surface area contributed by atoms with E-state index in [1.54, 1.807) is 7.11 Å². The maximum absolute atomic E-state index is 7.10. The molecular weight excluding hydrogens is 634 g/mol. The van der Waals surface area contributed by atoms with Crippen LogP contribution in [0.3, 0.4) is 0 Å². The van der Waals surface area contributed by atoms with Crippen LogP contribution in [0.4, 0.5) is 0 Å². The van der Waals surface area contributed by atoms with Gasteiger partial charge in [-0.3, -0.25) is 9.36 Å². The highest BCUT2D eigenvalue weighted by Crippen LogP contribution is 2.44.